The fourth-order valence-electron chi connectivity index (χ4n) is 9.47. The molecule has 2 heterocycles. The third kappa shape index (κ3) is 17.3. The Hall–Kier alpha value is -9.03. The summed E-state index contributed by atoms with van der Waals surface area (Å²) in [6.07, 6.45) is 8.35. The van der Waals surface area contributed by atoms with E-state index in [1.54, 1.807) is 85.2 Å². The molecule has 10 rings (SSSR count). The number of benzene rings is 6. The number of nitrogens with one attached hydrogen (secondary N) is 4. The first kappa shape index (κ1) is 67.9. The third-order valence-electron chi connectivity index (χ3n) is 14.8. The van der Waals surface area contributed by atoms with Gasteiger partial charge in [-0.05, 0) is 174 Å². The Morgan fingerprint density at radius 3 is 1.20 bits per heavy atom. The van der Waals surface area contributed by atoms with Gasteiger partial charge in [-0.15, -0.1) is 0 Å². The molecule has 4 N–H and O–H groups in total. The van der Waals surface area contributed by atoms with Gasteiger partial charge in [-0.2, -0.15) is 0 Å². The van der Waals surface area contributed by atoms with Crippen LogP contribution in [0.15, 0.2) is 134 Å². The minimum Gasteiger partial charge on any atom is -0.550 e. The van der Waals surface area contributed by atoms with E-state index in [1.807, 2.05) is 0 Å². The van der Waals surface area contributed by atoms with Crippen molar-refractivity contribution < 1.29 is 76.2 Å². The van der Waals surface area contributed by atoms with Crippen molar-refractivity contribution in [2.45, 2.75) is 77.0 Å². The number of aromatic nitrogens is 2. The Balaban J connectivity index is 0.000000232. The van der Waals surface area contributed by atoms with Crippen molar-refractivity contribution in [1.29, 1.82) is 0 Å². The number of methoxy groups -OCH3 is 2. The maximum absolute atomic E-state index is 13.2. The van der Waals surface area contributed by atoms with E-state index in [0.717, 1.165) is 0 Å². The van der Waals surface area contributed by atoms with Gasteiger partial charge >= 0.3 is 23.1 Å². The van der Waals surface area contributed by atoms with Crippen molar-refractivity contribution in [2.24, 2.45) is 10.8 Å². The summed E-state index contributed by atoms with van der Waals surface area (Å²) in [5, 5.41) is 33.6. The number of rotatable bonds is 28. The van der Waals surface area contributed by atoms with Gasteiger partial charge in [-0.25, -0.2) is 8.78 Å². The number of hydrogen-bond acceptors (Lipinski definition) is 16. The predicted molar refractivity (Wildman–Crippen MR) is 334 cm³/mol. The number of amides is 4. The monoisotopic (exact) mass is 1290 g/mol. The van der Waals surface area contributed by atoms with Crippen LogP contribution in [-0.4, -0.2) is 96.0 Å². The molecule has 20 nitrogen and oxygen atoms in total. The molecule has 2 saturated carbocycles. The number of carboxylic acid groups (broad SMARTS) is 2. The molecule has 0 bridgehead atoms. The van der Waals surface area contributed by atoms with Crippen molar-refractivity contribution in [2.75, 3.05) is 48.7 Å². The van der Waals surface area contributed by atoms with Crippen molar-refractivity contribution in [1.82, 2.24) is 9.97 Å². The molecule has 0 unspecified atom stereocenters. The molecule has 0 spiro atoms. The van der Waals surface area contributed by atoms with Gasteiger partial charge in [0.2, 0.25) is 23.6 Å². The number of carboxylic acids is 2. The smallest absolute Gasteiger partial charge is 0.550 e. The number of hydrogen-bond donors (Lipinski definition) is 4. The summed E-state index contributed by atoms with van der Waals surface area (Å²) >= 11 is 13.3. The van der Waals surface area contributed by atoms with Crippen molar-refractivity contribution in [3.63, 3.8) is 0 Å². The van der Waals surface area contributed by atoms with Crippen molar-refractivity contribution >= 4 is 126 Å². The number of halogens is 4. The summed E-state index contributed by atoms with van der Waals surface area (Å²) in [6.45, 7) is 0.739. The third-order valence-corrected chi connectivity index (χ3v) is 15.6. The largest absolute Gasteiger partial charge is 2.00 e. The second kappa shape index (κ2) is 31.1. The zero-order valence-electron chi connectivity index (χ0n) is 49.4. The van der Waals surface area contributed by atoms with Crippen molar-refractivity contribution in [3.05, 3.63) is 155 Å². The number of pyridine rings is 2. The van der Waals surface area contributed by atoms with Crippen LogP contribution >= 0.6 is 23.2 Å². The zero-order valence-corrected chi connectivity index (χ0v) is 52.4. The molecule has 2 fully saturated rings. The number of nitrogens with zero attached hydrogens (tertiary/aromatic N) is 2. The molecule has 0 radical (unpaired) electrons. The first-order valence-electron chi connectivity index (χ1n) is 28.7. The summed E-state index contributed by atoms with van der Waals surface area (Å²) in [6, 6.07) is 30.7. The Bertz CT molecular complexity index is 3720. The zero-order chi connectivity index (χ0) is 64.0. The number of fused-ring (bicyclic) bond motifs is 2. The van der Waals surface area contributed by atoms with Gasteiger partial charge in [-0.3, -0.25) is 29.1 Å². The van der Waals surface area contributed by atoms with Crippen LogP contribution in [0.4, 0.5) is 31.5 Å². The maximum Gasteiger partial charge on any atom is 2.00 e. The molecule has 6 aromatic carbocycles. The number of carbonyl (C=O) groups excluding carboxylic acids is 6. The van der Waals surface area contributed by atoms with Crippen molar-refractivity contribution in [3.8, 4) is 46.0 Å². The van der Waals surface area contributed by atoms with Gasteiger partial charge in [0, 0.05) is 58.6 Å². The van der Waals surface area contributed by atoms with E-state index in [9.17, 15) is 47.8 Å². The number of ether oxygens (including phenoxy) is 6. The molecular formula is C66H60Cl2F2MgN6O14. The maximum atomic E-state index is 13.2. The second-order valence-corrected chi connectivity index (χ2v) is 21.9. The van der Waals surface area contributed by atoms with Gasteiger partial charge in [0.15, 0.2) is 23.0 Å². The molecule has 468 valence electrons. The van der Waals surface area contributed by atoms with E-state index in [0.29, 0.717) is 145 Å². The summed E-state index contributed by atoms with van der Waals surface area (Å²) in [7, 11) is 3.03. The number of anilines is 4. The topological polar surface area (TPSA) is 278 Å². The average Bonchev–Trinajstić information content (AvgIpc) is 1.63. The van der Waals surface area contributed by atoms with Crippen LogP contribution in [0.3, 0.4) is 0 Å². The Morgan fingerprint density at radius 1 is 0.473 bits per heavy atom. The molecule has 0 atom stereocenters. The molecule has 0 aliphatic heterocycles. The molecule has 25 heteroatoms. The number of aliphatic carboxylic acids is 2. The standard InChI is InChI=1S/2C33H31ClFN3O7.Mg/c2*1-43-27-18-22-24(19-28(27)44-17-4-2-3-8-29(39)40)36-16-13-25(22)45-26-7-5-6-23(30(26)34)38-32(42)33(14-15-33)31(41)37-21-11-9-20(35)10-12-21;/h2*5-7,9-13,16,18-19H,2-4,8,14-15,17H2,1H3,(H,37,41)(H,38,42)(H,39,40);/q;;+2/p-2. The fraction of sp³-hybridized carbons (Fsp3) is 0.273. The predicted octanol–water partition coefficient (Wildman–Crippen LogP) is 11.4. The first-order valence-corrected chi connectivity index (χ1v) is 29.4. The molecule has 2 aliphatic rings. The van der Waals surface area contributed by atoms with Crippen LogP contribution < -0.4 is 59.9 Å². The summed E-state index contributed by atoms with van der Waals surface area (Å²) in [5.74, 6) is -1.72. The number of unbranched alkanes of at least 4 members (excludes halogenated alkanes) is 4. The fourth-order valence-corrected chi connectivity index (χ4v) is 9.89. The van der Waals surface area contributed by atoms with E-state index < -0.39 is 58.0 Å². The van der Waals surface area contributed by atoms with Gasteiger partial charge in [0.25, 0.3) is 0 Å². The average molecular weight is 1290 g/mol. The van der Waals surface area contributed by atoms with Gasteiger partial charge in [0.1, 0.15) is 55.5 Å². The Morgan fingerprint density at radius 2 is 0.846 bits per heavy atom. The van der Waals surface area contributed by atoms with E-state index >= 15 is 0 Å². The Kier molecular flexibility index (Phi) is 23.2. The number of carbonyl (C=O) groups is 6. The quantitative estimate of drug-likeness (QED) is 0.0201. The minimum atomic E-state index is -1.26. The summed E-state index contributed by atoms with van der Waals surface area (Å²) in [5.41, 5.74) is -0.0611. The van der Waals surface area contributed by atoms with Gasteiger partial charge in [0.05, 0.1) is 49.8 Å². The molecule has 8 aromatic rings. The molecule has 4 amide bonds. The van der Waals surface area contributed by atoms with E-state index in [2.05, 4.69) is 31.2 Å². The summed E-state index contributed by atoms with van der Waals surface area (Å²) in [4.78, 5) is 82.4. The van der Waals surface area contributed by atoms with Crippen LogP contribution in [0, 0.1) is 22.5 Å². The molecule has 91 heavy (non-hydrogen) atoms. The Labute approximate surface area is 547 Å². The van der Waals surface area contributed by atoms with Gasteiger partial charge in [-0.1, -0.05) is 35.3 Å². The second-order valence-electron chi connectivity index (χ2n) is 21.2. The minimum absolute atomic E-state index is 0. The van der Waals surface area contributed by atoms with Crippen LogP contribution in [0.1, 0.15) is 77.0 Å². The van der Waals surface area contributed by atoms with E-state index in [1.165, 1.54) is 62.8 Å². The van der Waals surface area contributed by atoms with Gasteiger partial charge < -0.3 is 69.5 Å². The SMILES string of the molecule is COc1cc2c(Oc3cccc(NC(=O)C4(C(=O)Nc5ccc(F)cc5)CC4)c3Cl)ccnc2cc1OCCCCCC(=O)[O-].COc1cc2c(Oc3cccc(NC(=O)C4(C(=O)Nc5ccc(F)cc5)CC4)c3Cl)ccnc2cc1OCCCCCC(=O)[O-].[Mg+2]. The van der Waals surface area contributed by atoms with Crippen LogP contribution in [0.5, 0.6) is 46.0 Å². The normalized spacial score (nSPS) is 13.0. The molecule has 0 saturated heterocycles. The first-order chi connectivity index (χ1) is 43.4. The molecule has 2 aliphatic carbocycles. The van der Waals surface area contributed by atoms with Crippen LogP contribution in [0.25, 0.3) is 21.8 Å². The van der Waals surface area contributed by atoms with Crippen LogP contribution in [-0.2, 0) is 28.8 Å². The van der Waals surface area contributed by atoms with Crippen LogP contribution in [0.2, 0.25) is 10.0 Å². The summed E-state index contributed by atoms with van der Waals surface area (Å²) < 4.78 is 61.7. The molecular weight excluding hydrogens is 1230 g/mol. The van der Waals surface area contributed by atoms with E-state index in [4.69, 9.17) is 51.6 Å². The molecule has 2 aromatic heterocycles. The van der Waals surface area contributed by atoms with E-state index in [-0.39, 0.29) is 68.8 Å².